The zero-order valence-electron chi connectivity index (χ0n) is 13.0. The van der Waals surface area contributed by atoms with Crippen LogP contribution >= 0.6 is 0 Å². The number of carboxylic acids is 1. The molecule has 0 aliphatic carbocycles. The molecule has 1 saturated heterocycles. The molecule has 1 fully saturated rings. The van der Waals surface area contributed by atoms with Crippen LogP contribution in [0.4, 0.5) is 0 Å². The average Bonchev–Trinajstić information content (AvgIpc) is 2.72. The third-order valence-corrected chi connectivity index (χ3v) is 5.86. The van der Waals surface area contributed by atoms with Gasteiger partial charge in [0.1, 0.15) is 5.54 Å². The number of carbonyl (C=O) groups is 1. The van der Waals surface area contributed by atoms with Gasteiger partial charge in [0.15, 0.2) is 0 Å². The van der Waals surface area contributed by atoms with Gasteiger partial charge in [-0.15, -0.1) is 0 Å². The van der Waals surface area contributed by atoms with E-state index in [9.17, 15) is 18.3 Å². The van der Waals surface area contributed by atoms with Gasteiger partial charge in [-0.05, 0) is 31.1 Å². The largest absolute Gasteiger partial charge is 0.480 e. The van der Waals surface area contributed by atoms with Gasteiger partial charge in [0.2, 0.25) is 10.0 Å². The lowest BCUT2D eigenvalue weighted by Crippen LogP contribution is -2.53. The highest BCUT2D eigenvalue weighted by Crippen LogP contribution is 2.37. The van der Waals surface area contributed by atoms with Crippen molar-refractivity contribution in [2.24, 2.45) is 5.41 Å². The number of hydrogen-bond donors (Lipinski definition) is 1. The van der Waals surface area contributed by atoms with Gasteiger partial charge < -0.3 is 5.11 Å². The monoisotopic (exact) mass is 305 g/mol. The molecule has 0 saturated carbocycles. The van der Waals surface area contributed by atoms with E-state index in [1.54, 1.807) is 0 Å². The number of hydrogen-bond acceptors (Lipinski definition) is 3. The molecule has 0 aromatic heterocycles. The van der Waals surface area contributed by atoms with Crippen LogP contribution in [0.3, 0.4) is 0 Å². The summed E-state index contributed by atoms with van der Waals surface area (Å²) in [6, 6.07) is 0. The van der Waals surface area contributed by atoms with Gasteiger partial charge in [-0.2, -0.15) is 4.31 Å². The predicted octanol–water partition coefficient (Wildman–Crippen LogP) is 2.47. The van der Waals surface area contributed by atoms with Crippen molar-refractivity contribution in [3.05, 3.63) is 0 Å². The number of aliphatic carboxylic acids is 1. The number of carboxylic acid groups (broad SMARTS) is 1. The van der Waals surface area contributed by atoms with E-state index in [-0.39, 0.29) is 11.2 Å². The van der Waals surface area contributed by atoms with Crippen molar-refractivity contribution >= 4 is 16.0 Å². The second-order valence-electron chi connectivity index (χ2n) is 6.89. The molecule has 1 aliphatic heterocycles. The molecule has 0 aromatic rings. The van der Waals surface area contributed by atoms with Crippen molar-refractivity contribution in [2.75, 3.05) is 12.3 Å². The highest BCUT2D eigenvalue weighted by molar-refractivity contribution is 7.89. The number of nitrogens with zero attached hydrogens (tertiary/aromatic N) is 1. The fraction of sp³-hybridized carbons (Fsp3) is 0.929. The molecule has 1 rings (SSSR count). The molecule has 5 nitrogen and oxygen atoms in total. The Bertz CT molecular complexity index is 452. The van der Waals surface area contributed by atoms with Gasteiger partial charge in [0, 0.05) is 6.54 Å². The van der Waals surface area contributed by atoms with Crippen molar-refractivity contribution in [2.45, 2.75) is 65.3 Å². The molecule has 1 aliphatic rings. The Morgan fingerprint density at radius 2 is 1.95 bits per heavy atom. The molecular weight excluding hydrogens is 278 g/mol. The zero-order valence-corrected chi connectivity index (χ0v) is 13.8. The maximum Gasteiger partial charge on any atom is 0.325 e. The Balaban J connectivity index is 3.00. The van der Waals surface area contributed by atoms with Crippen molar-refractivity contribution in [1.29, 1.82) is 0 Å². The Morgan fingerprint density at radius 3 is 2.40 bits per heavy atom. The zero-order chi connectivity index (χ0) is 15.6. The average molecular weight is 305 g/mol. The van der Waals surface area contributed by atoms with E-state index >= 15 is 0 Å². The molecule has 0 bridgehead atoms. The molecule has 1 unspecified atom stereocenters. The minimum absolute atomic E-state index is 0.0231. The van der Waals surface area contributed by atoms with E-state index in [0.29, 0.717) is 38.6 Å². The first-order valence-corrected chi connectivity index (χ1v) is 8.90. The molecular formula is C14H27NO4S. The summed E-state index contributed by atoms with van der Waals surface area (Å²) in [5.74, 6) is -0.980. The fourth-order valence-corrected chi connectivity index (χ4v) is 5.08. The quantitative estimate of drug-likeness (QED) is 0.818. The lowest BCUT2D eigenvalue weighted by Gasteiger charge is -2.34. The van der Waals surface area contributed by atoms with Crippen LogP contribution in [-0.2, 0) is 14.8 Å². The molecule has 1 heterocycles. The normalized spacial score (nSPS) is 25.0. The standard InChI is InChI=1S/C14H27NO4S/c1-5-7-14(12(16)17)8-6-10-15(14)20(18,19)11-9-13(2,3)4/h5-11H2,1-4H3,(H,16,17). The van der Waals surface area contributed by atoms with E-state index in [0.717, 1.165) is 0 Å². The molecule has 0 radical (unpaired) electrons. The Kier molecular flexibility index (Phi) is 5.24. The highest BCUT2D eigenvalue weighted by atomic mass is 32.2. The molecule has 0 aromatic carbocycles. The third kappa shape index (κ3) is 3.73. The number of rotatable bonds is 6. The summed E-state index contributed by atoms with van der Waals surface area (Å²) in [5.41, 5.74) is -1.30. The Morgan fingerprint density at radius 1 is 1.35 bits per heavy atom. The van der Waals surface area contributed by atoms with Crippen molar-refractivity contribution < 1.29 is 18.3 Å². The summed E-state index contributed by atoms with van der Waals surface area (Å²) in [5, 5.41) is 9.55. The van der Waals surface area contributed by atoms with Crippen LogP contribution in [0.25, 0.3) is 0 Å². The van der Waals surface area contributed by atoms with Crippen molar-refractivity contribution in [3.63, 3.8) is 0 Å². The van der Waals surface area contributed by atoms with E-state index in [4.69, 9.17) is 0 Å². The number of sulfonamides is 1. The van der Waals surface area contributed by atoms with Crippen molar-refractivity contribution in [1.82, 2.24) is 4.31 Å². The van der Waals surface area contributed by atoms with Gasteiger partial charge in [0.05, 0.1) is 5.75 Å². The summed E-state index contributed by atoms with van der Waals surface area (Å²) >= 11 is 0. The molecule has 6 heteroatoms. The van der Waals surface area contributed by atoms with E-state index < -0.39 is 21.5 Å². The SMILES string of the molecule is CCCC1(C(=O)O)CCCN1S(=O)(=O)CCC(C)(C)C. The van der Waals surface area contributed by atoms with Crippen LogP contribution < -0.4 is 0 Å². The fourth-order valence-electron chi connectivity index (χ4n) is 2.79. The summed E-state index contributed by atoms with van der Waals surface area (Å²) in [7, 11) is -3.52. The maximum absolute atomic E-state index is 12.5. The topological polar surface area (TPSA) is 74.7 Å². The first-order chi connectivity index (χ1) is 9.05. The minimum atomic E-state index is -3.52. The second kappa shape index (κ2) is 6.02. The lowest BCUT2D eigenvalue weighted by molar-refractivity contribution is -0.147. The molecule has 0 amide bonds. The molecule has 1 N–H and O–H groups in total. The molecule has 0 spiro atoms. The van der Waals surface area contributed by atoms with Gasteiger partial charge in [0.25, 0.3) is 0 Å². The van der Waals surface area contributed by atoms with Gasteiger partial charge in [-0.3, -0.25) is 4.79 Å². The van der Waals surface area contributed by atoms with Crippen LogP contribution in [0.1, 0.15) is 59.8 Å². The summed E-state index contributed by atoms with van der Waals surface area (Å²) in [6.07, 6.45) is 2.63. The molecule has 118 valence electrons. The summed E-state index contributed by atoms with van der Waals surface area (Å²) in [6.45, 7) is 8.19. The van der Waals surface area contributed by atoms with Crippen LogP contribution in [0, 0.1) is 5.41 Å². The van der Waals surface area contributed by atoms with Crippen molar-refractivity contribution in [3.8, 4) is 0 Å². The van der Waals surface area contributed by atoms with E-state index in [1.165, 1.54) is 4.31 Å². The van der Waals surface area contributed by atoms with Gasteiger partial charge >= 0.3 is 5.97 Å². The maximum atomic E-state index is 12.5. The molecule has 1 atom stereocenters. The van der Waals surface area contributed by atoms with Crippen LogP contribution in [-0.4, -0.2) is 41.6 Å². The summed E-state index contributed by atoms with van der Waals surface area (Å²) < 4.78 is 26.3. The van der Waals surface area contributed by atoms with Gasteiger partial charge in [-0.1, -0.05) is 34.1 Å². The predicted molar refractivity (Wildman–Crippen MR) is 79.1 cm³/mol. The lowest BCUT2D eigenvalue weighted by atomic mass is 9.92. The Labute approximate surface area is 122 Å². The minimum Gasteiger partial charge on any atom is -0.480 e. The summed E-state index contributed by atoms with van der Waals surface area (Å²) in [4.78, 5) is 11.7. The molecule has 20 heavy (non-hydrogen) atoms. The van der Waals surface area contributed by atoms with Crippen LogP contribution in [0.2, 0.25) is 0 Å². The van der Waals surface area contributed by atoms with Crippen LogP contribution in [0.5, 0.6) is 0 Å². The van der Waals surface area contributed by atoms with E-state index in [2.05, 4.69) is 0 Å². The third-order valence-electron chi connectivity index (χ3n) is 3.94. The smallest absolute Gasteiger partial charge is 0.325 e. The highest BCUT2D eigenvalue weighted by Gasteiger charge is 2.51. The Hall–Kier alpha value is -0.620. The van der Waals surface area contributed by atoms with Gasteiger partial charge in [-0.25, -0.2) is 8.42 Å². The first kappa shape index (κ1) is 17.4. The van der Waals surface area contributed by atoms with Crippen LogP contribution in [0.15, 0.2) is 0 Å². The van der Waals surface area contributed by atoms with E-state index in [1.807, 2.05) is 27.7 Å². The second-order valence-corrected chi connectivity index (χ2v) is 8.90. The first-order valence-electron chi connectivity index (χ1n) is 7.29.